The van der Waals surface area contributed by atoms with Crippen LogP contribution in [0.15, 0.2) is 54.6 Å². The van der Waals surface area contributed by atoms with Gasteiger partial charge in [-0.15, -0.1) is 13.2 Å². The highest BCUT2D eigenvalue weighted by atomic mass is 19.4. The lowest BCUT2D eigenvalue weighted by molar-refractivity contribution is -0.275. The van der Waals surface area contributed by atoms with Crippen molar-refractivity contribution in [1.82, 2.24) is 16.0 Å². The van der Waals surface area contributed by atoms with Gasteiger partial charge in [-0.3, -0.25) is 14.9 Å². The van der Waals surface area contributed by atoms with Crippen LogP contribution in [0, 0.1) is 0 Å². The predicted molar refractivity (Wildman–Crippen MR) is 101 cm³/mol. The Bertz CT molecular complexity index is 945. The third kappa shape index (κ3) is 4.40. The minimum absolute atomic E-state index is 0.0635. The van der Waals surface area contributed by atoms with E-state index in [1.165, 1.54) is 18.2 Å². The van der Waals surface area contributed by atoms with Gasteiger partial charge in [0.15, 0.2) is 0 Å². The van der Waals surface area contributed by atoms with Gasteiger partial charge in [-0.25, -0.2) is 0 Å². The highest BCUT2D eigenvalue weighted by molar-refractivity contribution is 5.90. The number of benzene rings is 2. The molecule has 2 amide bonds. The van der Waals surface area contributed by atoms with E-state index in [1.807, 2.05) is 30.3 Å². The summed E-state index contributed by atoms with van der Waals surface area (Å²) in [6, 6.07) is 14.1. The van der Waals surface area contributed by atoms with Crippen LogP contribution in [-0.4, -0.2) is 24.2 Å². The first-order valence-corrected chi connectivity index (χ1v) is 9.53. The van der Waals surface area contributed by atoms with Crippen LogP contribution in [0.2, 0.25) is 0 Å². The van der Waals surface area contributed by atoms with E-state index in [0.29, 0.717) is 12.8 Å². The third-order valence-electron chi connectivity index (χ3n) is 5.25. The first-order valence-electron chi connectivity index (χ1n) is 9.53. The third-order valence-corrected chi connectivity index (χ3v) is 5.25. The molecule has 1 saturated heterocycles. The maximum atomic E-state index is 12.9. The lowest BCUT2D eigenvalue weighted by Gasteiger charge is -2.32. The van der Waals surface area contributed by atoms with Gasteiger partial charge in [-0.2, -0.15) is 0 Å². The van der Waals surface area contributed by atoms with E-state index in [9.17, 15) is 22.8 Å². The zero-order valence-electron chi connectivity index (χ0n) is 15.8. The Morgan fingerprint density at radius 1 is 1.07 bits per heavy atom. The molecule has 9 heteroatoms. The Labute approximate surface area is 170 Å². The molecule has 6 nitrogen and oxygen atoms in total. The number of halogens is 3. The molecule has 2 fully saturated rings. The van der Waals surface area contributed by atoms with E-state index in [1.54, 1.807) is 6.07 Å². The molecule has 2 aromatic carbocycles. The van der Waals surface area contributed by atoms with Crippen LogP contribution in [0.4, 0.5) is 13.2 Å². The normalized spacial score (nSPS) is 22.7. The number of para-hydroxylation sites is 1. The molecule has 0 bridgehead atoms. The zero-order chi connectivity index (χ0) is 21.4. The van der Waals surface area contributed by atoms with E-state index in [2.05, 4.69) is 20.7 Å². The molecule has 2 unspecified atom stereocenters. The highest BCUT2D eigenvalue weighted by Gasteiger charge is 2.49. The molecule has 1 heterocycles. The topological polar surface area (TPSA) is 79.5 Å². The lowest BCUT2D eigenvalue weighted by atomic mass is 10.0. The van der Waals surface area contributed by atoms with Crippen molar-refractivity contribution < 1.29 is 27.5 Å². The number of nitrogens with one attached hydrogen (secondary N) is 3. The van der Waals surface area contributed by atoms with Gasteiger partial charge in [0.05, 0.1) is 18.0 Å². The van der Waals surface area contributed by atoms with Crippen LogP contribution in [-0.2, 0) is 15.1 Å². The summed E-state index contributed by atoms with van der Waals surface area (Å²) >= 11 is 0. The Hall–Kier alpha value is -3.07. The lowest BCUT2D eigenvalue weighted by Crippen LogP contribution is -2.57. The van der Waals surface area contributed by atoms with Crippen LogP contribution >= 0.6 is 0 Å². The minimum Gasteiger partial charge on any atom is -0.405 e. The second-order valence-electron chi connectivity index (χ2n) is 7.45. The molecule has 0 aromatic heterocycles. The van der Waals surface area contributed by atoms with E-state index >= 15 is 0 Å². The van der Waals surface area contributed by atoms with Gasteiger partial charge >= 0.3 is 6.36 Å². The maximum Gasteiger partial charge on any atom is 0.573 e. The molecule has 0 radical (unpaired) electrons. The smallest absolute Gasteiger partial charge is 0.405 e. The molecule has 1 saturated carbocycles. The minimum atomic E-state index is -4.83. The standard InChI is InChI=1S/C21H20F3N3O3/c22-21(23,24)30-16-9-5-4-8-14(16)20(10-11-20)27-19(29)15-12-17(28)26-18(25-15)13-6-2-1-3-7-13/h1-9,15,18,25H,10-12H2,(H,26,28)(H,27,29). The average molecular weight is 419 g/mol. The number of amides is 2. The molecule has 2 atom stereocenters. The SMILES string of the molecule is O=C1CC(C(=O)NC2(c3ccccc3OC(F)(F)F)CC2)NC(c2ccccc2)N1. The summed E-state index contributed by atoms with van der Waals surface area (Å²) in [5, 5.41) is 8.73. The first-order chi connectivity index (χ1) is 14.3. The molecule has 0 spiro atoms. The molecular weight excluding hydrogens is 399 g/mol. The van der Waals surface area contributed by atoms with E-state index in [-0.39, 0.29) is 23.6 Å². The summed E-state index contributed by atoms with van der Waals surface area (Å²) in [5.41, 5.74) is 0.139. The Morgan fingerprint density at radius 2 is 1.73 bits per heavy atom. The van der Waals surface area contributed by atoms with Crippen molar-refractivity contribution in [1.29, 1.82) is 0 Å². The van der Waals surface area contributed by atoms with Crippen molar-refractivity contribution in [2.45, 2.75) is 43.4 Å². The molecule has 30 heavy (non-hydrogen) atoms. The van der Waals surface area contributed by atoms with Crippen molar-refractivity contribution in [2.24, 2.45) is 0 Å². The summed E-state index contributed by atoms with van der Waals surface area (Å²) in [7, 11) is 0. The molecule has 4 rings (SSSR count). The second-order valence-corrected chi connectivity index (χ2v) is 7.45. The van der Waals surface area contributed by atoms with Crippen molar-refractivity contribution in [3.05, 3.63) is 65.7 Å². The average Bonchev–Trinajstić information content (AvgIpc) is 3.47. The van der Waals surface area contributed by atoms with E-state index < -0.39 is 30.0 Å². The van der Waals surface area contributed by atoms with Crippen LogP contribution in [0.1, 0.15) is 36.6 Å². The van der Waals surface area contributed by atoms with Gasteiger partial charge in [0.25, 0.3) is 0 Å². The molecular formula is C21H20F3N3O3. The van der Waals surface area contributed by atoms with Gasteiger partial charge in [-0.1, -0.05) is 48.5 Å². The van der Waals surface area contributed by atoms with Crippen LogP contribution in [0.5, 0.6) is 5.75 Å². The fraction of sp³-hybridized carbons (Fsp3) is 0.333. The number of carbonyl (C=O) groups is 2. The number of hydrogen-bond acceptors (Lipinski definition) is 4. The van der Waals surface area contributed by atoms with E-state index in [4.69, 9.17) is 0 Å². The number of ether oxygens (including phenoxy) is 1. The van der Waals surface area contributed by atoms with Crippen molar-refractivity contribution >= 4 is 11.8 Å². The van der Waals surface area contributed by atoms with Crippen molar-refractivity contribution in [3.63, 3.8) is 0 Å². The maximum absolute atomic E-state index is 12.9. The number of hydrogen-bond donors (Lipinski definition) is 3. The monoisotopic (exact) mass is 419 g/mol. The van der Waals surface area contributed by atoms with Gasteiger partial charge in [0.2, 0.25) is 11.8 Å². The van der Waals surface area contributed by atoms with Crippen LogP contribution in [0.3, 0.4) is 0 Å². The molecule has 2 aromatic rings. The van der Waals surface area contributed by atoms with Gasteiger partial charge < -0.3 is 15.4 Å². The summed E-state index contributed by atoms with van der Waals surface area (Å²) in [5.74, 6) is -1.06. The zero-order valence-corrected chi connectivity index (χ0v) is 15.8. The Kier molecular flexibility index (Phi) is 5.15. The molecule has 3 N–H and O–H groups in total. The largest absolute Gasteiger partial charge is 0.573 e. The van der Waals surface area contributed by atoms with Crippen LogP contribution < -0.4 is 20.7 Å². The highest BCUT2D eigenvalue weighted by Crippen LogP contribution is 2.49. The fourth-order valence-electron chi connectivity index (χ4n) is 3.69. The number of carbonyl (C=O) groups excluding carboxylic acids is 2. The second kappa shape index (κ2) is 7.64. The molecule has 1 aliphatic carbocycles. The van der Waals surface area contributed by atoms with Crippen molar-refractivity contribution in [2.75, 3.05) is 0 Å². The summed E-state index contributed by atoms with van der Waals surface area (Å²) in [6.45, 7) is 0. The van der Waals surface area contributed by atoms with E-state index in [0.717, 1.165) is 5.56 Å². The quantitative estimate of drug-likeness (QED) is 0.697. The van der Waals surface area contributed by atoms with Gasteiger partial charge in [0, 0.05) is 5.56 Å². The predicted octanol–water partition coefficient (Wildman–Crippen LogP) is 2.87. The number of alkyl halides is 3. The van der Waals surface area contributed by atoms with Gasteiger partial charge in [-0.05, 0) is 24.5 Å². The van der Waals surface area contributed by atoms with Gasteiger partial charge in [0.1, 0.15) is 11.9 Å². The molecule has 1 aliphatic heterocycles. The summed E-state index contributed by atoms with van der Waals surface area (Å²) in [4.78, 5) is 25.1. The number of rotatable bonds is 5. The van der Waals surface area contributed by atoms with Crippen LogP contribution in [0.25, 0.3) is 0 Å². The Morgan fingerprint density at radius 3 is 2.40 bits per heavy atom. The first kappa shape index (κ1) is 20.2. The summed E-state index contributed by atoms with van der Waals surface area (Å²) in [6.07, 6.45) is -4.46. The molecule has 158 valence electrons. The van der Waals surface area contributed by atoms with Crippen molar-refractivity contribution in [3.8, 4) is 5.75 Å². The fourth-order valence-corrected chi connectivity index (χ4v) is 3.69. The molecule has 2 aliphatic rings. The Balaban J connectivity index is 1.51. The summed E-state index contributed by atoms with van der Waals surface area (Å²) < 4.78 is 42.4.